The van der Waals surface area contributed by atoms with E-state index >= 15 is 0 Å². The molecular weight excluding hydrogens is 488 g/mol. The standard InChI is InChI=1S/C29H25ClN4O3/c1-3-37-23-14-8-19(9-15-23)25-16-24(29(35)31-17-18-4-12-22(36-2)13-5-18)26-27(33-34-28(26)32-25)20-6-10-21(30)11-7-20/h4-16H,3,17H2,1-2H3,(H,31,35)(H,32,33,34). The van der Waals surface area contributed by atoms with Crippen molar-refractivity contribution in [1.29, 1.82) is 0 Å². The number of pyridine rings is 1. The van der Waals surface area contributed by atoms with Gasteiger partial charge in [-0.05, 0) is 67.1 Å². The number of ether oxygens (including phenoxy) is 2. The molecule has 3 aromatic carbocycles. The summed E-state index contributed by atoms with van der Waals surface area (Å²) in [7, 11) is 1.62. The van der Waals surface area contributed by atoms with Crippen molar-refractivity contribution in [1.82, 2.24) is 20.5 Å². The van der Waals surface area contributed by atoms with Crippen molar-refractivity contribution in [2.45, 2.75) is 13.5 Å². The van der Waals surface area contributed by atoms with Gasteiger partial charge in [-0.1, -0.05) is 35.9 Å². The Morgan fingerprint density at radius 3 is 2.30 bits per heavy atom. The van der Waals surface area contributed by atoms with Gasteiger partial charge in [0.05, 0.1) is 36.1 Å². The van der Waals surface area contributed by atoms with Crippen LogP contribution in [-0.2, 0) is 6.54 Å². The van der Waals surface area contributed by atoms with E-state index in [9.17, 15) is 4.79 Å². The Morgan fingerprint density at radius 1 is 0.946 bits per heavy atom. The van der Waals surface area contributed by atoms with Gasteiger partial charge < -0.3 is 14.8 Å². The van der Waals surface area contributed by atoms with E-state index < -0.39 is 0 Å². The number of aromatic amines is 1. The topological polar surface area (TPSA) is 89.1 Å². The number of aromatic nitrogens is 3. The summed E-state index contributed by atoms with van der Waals surface area (Å²) in [5.41, 5.74) is 4.92. The van der Waals surface area contributed by atoms with Crippen LogP contribution in [0, 0.1) is 0 Å². The number of hydrogen-bond donors (Lipinski definition) is 2. The molecule has 8 heteroatoms. The summed E-state index contributed by atoms with van der Waals surface area (Å²) in [6, 6.07) is 24.4. The van der Waals surface area contributed by atoms with Crippen LogP contribution in [0.15, 0.2) is 78.9 Å². The number of hydrogen-bond acceptors (Lipinski definition) is 5. The Kier molecular flexibility index (Phi) is 7.05. The highest BCUT2D eigenvalue weighted by molar-refractivity contribution is 6.30. The number of nitrogens with one attached hydrogen (secondary N) is 2. The molecule has 0 atom stereocenters. The maximum Gasteiger partial charge on any atom is 0.252 e. The van der Waals surface area contributed by atoms with Crippen LogP contribution >= 0.6 is 11.6 Å². The molecule has 37 heavy (non-hydrogen) atoms. The van der Waals surface area contributed by atoms with Crippen LogP contribution in [0.4, 0.5) is 0 Å². The normalized spacial score (nSPS) is 10.9. The number of H-pyrrole nitrogens is 1. The lowest BCUT2D eigenvalue weighted by Crippen LogP contribution is -2.23. The first-order valence-electron chi connectivity index (χ1n) is 11.8. The van der Waals surface area contributed by atoms with Gasteiger partial charge in [0.15, 0.2) is 5.65 Å². The maximum absolute atomic E-state index is 13.6. The highest BCUT2D eigenvalue weighted by Crippen LogP contribution is 2.32. The van der Waals surface area contributed by atoms with Crippen LogP contribution in [0.2, 0.25) is 5.02 Å². The minimum absolute atomic E-state index is 0.230. The Bertz CT molecular complexity index is 1530. The van der Waals surface area contributed by atoms with Gasteiger partial charge in [0, 0.05) is 22.7 Å². The summed E-state index contributed by atoms with van der Waals surface area (Å²) < 4.78 is 10.8. The van der Waals surface area contributed by atoms with E-state index in [4.69, 9.17) is 26.1 Å². The second kappa shape index (κ2) is 10.7. The van der Waals surface area contributed by atoms with Gasteiger partial charge in [0.1, 0.15) is 11.5 Å². The van der Waals surface area contributed by atoms with E-state index in [-0.39, 0.29) is 5.91 Å². The summed E-state index contributed by atoms with van der Waals surface area (Å²) in [6.07, 6.45) is 0. The van der Waals surface area contributed by atoms with Crippen LogP contribution in [-0.4, -0.2) is 34.8 Å². The smallest absolute Gasteiger partial charge is 0.252 e. The van der Waals surface area contributed by atoms with Gasteiger partial charge in [-0.2, -0.15) is 5.10 Å². The third-order valence-corrected chi connectivity index (χ3v) is 6.23. The summed E-state index contributed by atoms with van der Waals surface area (Å²) in [6.45, 7) is 2.89. The molecule has 2 aromatic heterocycles. The van der Waals surface area contributed by atoms with E-state index in [0.29, 0.717) is 46.2 Å². The van der Waals surface area contributed by atoms with Gasteiger partial charge >= 0.3 is 0 Å². The number of rotatable bonds is 8. The predicted octanol–water partition coefficient (Wildman–Crippen LogP) is 6.28. The summed E-state index contributed by atoms with van der Waals surface area (Å²) >= 11 is 6.09. The first kappa shape index (κ1) is 24.3. The Morgan fingerprint density at radius 2 is 1.62 bits per heavy atom. The molecule has 0 aliphatic carbocycles. The number of carbonyl (C=O) groups is 1. The van der Waals surface area contributed by atoms with Crippen molar-refractivity contribution in [3.63, 3.8) is 0 Å². The van der Waals surface area contributed by atoms with Gasteiger partial charge in [0.25, 0.3) is 5.91 Å². The van der Waals surface area contributed by atoms with Crippen LogP contribution in [0.1, 0.15) is 22.8 Å². The third kappa shape index (κ3) is 5.27. The first-order chi connectivity index (χ1) is 18.1. The van der Waals surface area contributed by atoms with Crippen molar-refractivity contribution < 1.29 is 14.3 Å². The maximum atomic E-state index is 13.6. The minimum atomic E-state index is -0.230. The molecule has 0 saturated heterocycles. The molecule has 0 unspecified atom stereocenters. The number of nitrogens with zero attached hydrogens (tertiary/aromatic N) is 2. The first-order valence-corrected chi connectivity index (χ1v) is 12.2. The van der Waals surface area contributed by atoms with Gasteiger partial charge in [-0.25, -0.2) is 4.98 Å². The fourth-order valence-corrected chi connectivity index (χ4v) is 4.21. The van der Waals surface area contributed by atoms with Gasteiger partial charge in [0.2, 0.25) is 0 Å². The molecule has 2 heterocycles. The van der Waals surface area contributed by atoms with Crippen LogP contribution < -0.4 is 14.8 Å². The lowest BCUT2D eigenvalue weighted by molar-refractivity contribution is 0.0952. The Hall–Kier alpha value is -4.36. The number of benzene rings is 3. The zero-order chi connectivity index (χ0) is 25.8. The monoisotopic (exact) mass is 512 g/mol. The quantitative estimate of drug-likeness (QED) is 0.255. The molecule has 0 bridgehead atoms. The Labute approximate surface area is 219 Å². The molecule has 0 aliphatic heterocycles. The van der Waals surface area contributed by atoms with E-state index in [1.165, 1.54) is 0 Å². The van der Waals surface area contributed by atoms with Gasteiger partial charge in [-0.3, -0.25) is 9.89 Å². The van der Waals surface area contributed by atoms with Gasteiger partial charge in [-0.15, -0.1) is 0 Å². The van der Waals surface area contributed by atoms with Crippen molar-refractivity contribution >= 4 is 28.5 Å². The molecule has 7 nitrogen and oxygen atoms in total. The van der Waals surface area contributed by atoms with E-state index in [1.54, 1.807) is 25.3 Å². The molecule has 0 aliphatic rings. The molecule has 2 N–H and O–H groups in total. The Balaban J connectivity index is 1.55. The van der Waals surface area contributed by atoms with Crippen LogP contribution in [0.3, 0.4) is 0 Å². The highest BCUT2D eigenvalue weighted by Gasteiger charge is 2.20. The molecule has 5 rings (SSSR count). The average molecular weight is 513 g/mol. The number of fused-ring (bicyclic) bond motifs is 1. The lowest BCUT2D eigenvalue weighted by Gasteiger charge is -2.11. The molecule has 0 spiro atoms. The predicted molar refractivity (Wildman–Crippen MR) is 145 cm³/mol. The number of carbonyl (C=O) groups excluding carboxylic acids is 1. The summed E-state index contributed by atoms with van der Waals surface area (Å²) in [5, 5.41) is 11.8. The molecule has 0 radical (unpaired) electrons. The second-order valence-corrected chi connectivity index (χ2v) is 8.78. The van der Waals surface area contributed by atoms with Crippen molar-refractivity contribution in [2.75, 3.05) is 13.7 Å². The number of methoxy groups -OCH3 is 1. The zero-order valence-electron chi connectivity index (χ0n) is 20.4. The second-order valence-electron chi connectivity index (χ2n) is 8.35. The fraction of sp³-hybridized carbons (Fsp3) is 0.138. The van der Waals surface area contributed by atoms with E-state index in [2.05, 4.69) is 15.5 Å². The van der Waals surface area contributed by atoms with Crippen molar-refractivity contribution in [3.8, 4) is 34.0 Å². The average Bonchev–Trinajstić information content (AvgIpc) is 3.36. The third-order valence-electron chi connectivity index (χ3n) is 5.97. The fourth-order valence-electron chi connectivity index (χ4n) is 4.09. The molecule has 1 amide bonds. The minimum Gasteiger partial charge on any atom is -0.497 e. The van der Waals surface area contributed by atoms with E-state index in [1.807, 2.05) is 67.6 Å². The lowest BCUT2D eigenvalue weighted by atomic mass is 10.0. The van der Waals surface area contributed by atoms with Crippen molar-refractivity contribution in [3.05, 3.63) is 95.0 Å². The number of amides is 1. The summed E-state index contributed by atoms with van der Waals surface area (Å²) in [5.74, 6) is 1.30. The molecule has 0 fully saturated rings. The summed E-state index contributed by atoms with van der Waals surface area (Å²) in [4.78, 5) is 18.3. The van der Waals surface area contributed by atoms with Crippen LogP contribution in [0.5, 0.6) is 11.5 Å². The van der Waals surface area contributed by atoms with Crippen LogP contribution in [0.25, 0.3) is 33.5 Å². The molecule has 5 aromatic rings. The zero-order valence-corrected chi connectivity index (χ0v) is 21.2. The highest BCUT2D eigenvalue weighted by atomic mass is 35.5. The molecule has 186 valence electrons. The van der Waals surface area contributed by atoms with E-state index in [0.717, 1.165) is 28.2 Å². The number of halogens is 1. The largest absolute Gasteiger partial charge is 0.497 e. The molecular formula is C29H25ClN4O3. The van der Waals surface area contributed by atoms with Crippen molar-refractivity contribution in [2.24, 2.45) is 0 Å². The SMILES string of the molecule is CCOc1ccc(-c2cc(C(=O)NCc3ccc(OC)cc3)c3c(-c4ccc(Cl)cc4)[nH]nc3n2)cc1. The molecule has 0 saturated carbocycles.